The molecule has 3 heteroatoms. The zero-order chi connectivity index (χ0) is 10.8. The van der Waals surface area contributed by atoms with Crippen LogP contribution in [0.15, 0.2) is 36.4 Å². The van der Waals surface area contributed by atoms with Crippen molar-refractivity contribution in [2.75, 3.05) is 0 Å². The molecule has 1 aliphatic rings. The van der Waals surface area contributed by atoms with E-state index in [1.165, 1.54) is 6.08 Å². The van der Waals surface area contributed by atoms with E-state index in [0.29, 0.717) is 5.57 Å². The lowest BCUT2D eigenvalue weighted by atomic mass is 9.88. The van der Waals surface area contributed by atoms with E-state index in [9.17, 15) is 15.0 Å². The maximum absolute atomic E-state index is 11.3. The van der Waals surface area contributed by atoms with Crippen molar-refractivity contribution in [3.8, 4) is 0 Å². The van der Waals surface area contributed by atoms with Crippen molar-refractivity contribution in [2.24, 2.45) is 0 Å². The number of rotatable bonds is 1. The Morgan fingerprint density at radius 2 is 1.80 bits per heavy atom. The molecule has 0 saturated heterocycles. The van der Waals surface area contributed by atoms with Crippen molar-refractivity contribution in [3.05, 3.63) is 42.0 Å². The summed E-state index contributed by atoms with van der Waals surface area (Å²) in [5.41, 5.74) is 1.27. The molecule has 1 aromatic rings. The SMILES string of the molecule is O=C1C=C(c2ccccc2)[C@@H](O)[C@@H](O)C1. The monoisotopic (exact) mass is 204 g/mol. The Kier molecular flexibility index (Phi) is 2.66. The van der Waals surface area contributed by atoms with E-state index in [1.54, 1.807) is 12.1 Å². The van der Waals surface area contributed by atoms with Crippen LogP contribution in [-0.2, 0) is 4.79 Å². The molecule has 0 amide bonds. The molecule has 0 radical (unpaired) electrons. The minimum atomic E-state index is -0.988. The molecule has 0 spiro atoms. The van der Waals surface area contributed by atoms with Crippen LogP contribution in [0.4, 0.5) is 0 Å². The van der Waals surface area contributed by atoms with Gasteiger partial charge >= 0.3 is 0 Å². The van der Waals surface area contributed by atoms with Crippen molar-refractivity contribution in [1.82, 2.24) is 0 Å². The van der Waals surface area contributed by atoms with Gasteiger partial charge < -0.3 is 10.2 Å². The lowest BCUT2D eigenvalue weighted by Crippen LogP contribution is -2.33. The summed E-state index contributed by atoms with van der Waals surface area (Å²) in [6.45, 7) is 0. The minimum absolute atomic E-state index is 0.00248. The molecule has 0 aromatic heterocycles. The number of benzene rings is 1. The quantitative estimate of drug-likeness (QED) is 0.710. The molecule has 2 atom stereocenters. The Morgan fingerprint density at radius 3 is 2.47 bits per heavy atom. The van der Waals surface area contributed by atoms with E-state index in [1.807, 2.05) is 18.2 Å². The van der Waals surface area contributed by atoms with Crippen molar-refractivity contribution >= 4 is 11.4 Å². The Balaban J connectivity index is 2.39. The van der Waals surface area contributed by atoms with Crippen LogP contribution in [-0.4, -0.2) is 28.2 Å². The molecule has 2 N–H and O–H groups in total. The topological polar surface area (TPSA) is 57.5 Å². The molecule has 0 aliphatic heterocycles. The number of ketones is 1. The minimum Gasteiger partial charge on any atom is -0.390 e. The summed E-state index contributed by atoms with van der Waals surface area (Å²) >= 11 is 0. The van der Waals surface area contributed by atoms with Crippen LogP contribution in [0.2, 0.25) is 0 Å². The molecule has 1 aliphatic carbocycles. The number of carbonyl (C=O) groups is 1. The van der Waals surface area contributed by atoms with Gasteiger partial charge in [-0.2, -0.15) is 0 Å². The van der Waals surface area contributed by atoms with Gasteiger partial charge in [-0.1, -0.05) is 30.3 Å². The third-order valence-electron chi connectivity index (χ3n) is 2.52. The van der Waals surface area contributed by atoms with E-state index < -0.39 is 12.2 Å². The smallest absolute Gasteiger partial charge is 0.158 e. The average Bonchev–Trinajstić information content (AvgIpc) is 2.24. The van der Waals surface area contributed by atoms with E-state index in [0.717, 1.165) is 5.56 Å². The highest BCUT2D eigenvalue weighted by Crippen LogP contribution is 2.25. The summed E-state index contributed by atoms with van der Waals surface area (Å²) in [6, 6.07) is 9.13. The molecule has 1 aromatic carbocycles. The fourth-order valence-corrected chi connectivity index (χ4v) is 1.73. The molecular formula is C12H12O3. The molecule has 0 bridgehead atoms. The fourth-order valence-electron chi connectivity index (χ4n) is 1.73. The van der Waals surface area contributed by atoms with Crippen LogP contribution in [0.25, 0.3) is 5.57 Å². The summed E-state index contributed by atoms with van der Waals surface area (Å²) in [7, 11) is 0. The first kappa shape index (κ1) is 10.1. The molecule has 15 heavy (non-hydrogen) atoms. The number of aliphatic hydroxyl groups is 2. The van der Waals surface area contributed by atoms with E-state index in [2.05, 4.69) is 0 Å². The van der Waals surface area contributed by atoms with E-state index in [4.69, 9.17) is 0 Å². The van der Waals surface area contributed by atoms with Gasteiger partial charge in [-0.15, -0.1) is 0 Å². The van der Waals surface area contributed by atoms with Gasteiger partial charge in [0.15, 0.2) is 5.78 Å². The summed E-state index contributed by atoms with van der Waals surface area (Å²) in [4.78, 5) is 11.3. The second-order valence-electron chi connectivity index (χ2n) is 3.65. The molecule has 78 valence electrons. The first-order valence-electron chi connectivity index (χ1n) is 4.84. The van der Waals surface area contributed by atoms with Gasteiger partial charge in [-0.3, -0.25) is 4.79 Å². The van der Waals surface area contributed by atoms with Crippen LogP contribution in [0.1, 0.15) is 12.0 Å². The Hall–Kier alpha value is -1.45. The average molecular weight is 204 g/mol. The van der Waals surface area contributed by atoms with E-state index >= 15 is 0 Å². The lowest BCUT2D eigenvalue weighted by molar-refractivity contribution is -0.118. The van der Waals surface area contributed by atoms with Crippen molar-refractivity contribution < 1.29 is 15.0 Å². The van der Waals surface area contributed by atoms with Crippen molar-refractivity contribution in [1.29, 1.82) is 0 Å². The summed E-state index contributed by atoms with van der Waals surface area (Å²) in [5.74, 6) is -0.147. The third kappa shape index (κ3) is 1.98. The standard InChI is InChI=1S/C12H12O3/c13-9-6-10(12(15)11(14)7-9)8-4-2-1-3-5-8/h1-6,11-12,14-15H,7H2/t11-,12+/m0/s1. The molecule has 2 rings (SSSR count). The maximum Gasteiger partial charge on any atom is 0.158 e. The van der Waals surface area contributed by atoms with Gasteiger partial charge in [0, 0.05) is 6.42 Å². The van der Waals surface area contributed by atoms with Crippen LogP contribution in [0.3, 0.4) is 0 Å². The predicted molar refractivity (Wildman–Crippen MR) is 56.1 cm³/mol. The Bertz CT molecular complexity index is 395. The van der Waals surface area contributed by atoms with Crippen LogP contribution in [0, 0.1) is 0 Å². The lowest BCUT2D eigenvalue weighted by Gasteiger charge is -2.24. The Morgan fingerprint density at radius 1 is 1.13 bits per heavy atom. The highest BCUT2D eigenvalue weighted by molar-refractivity contribution is 6.00. The largest absolute Gasteiger partial charge is 0.390 e. The first-order chi connectivity index (χ1) is 7.18. The molecule has 0 saturated carbocycles. The van der Waals surface area contributed by atoms with E-state index in [-0.39, 0.29) is 12.2 Å². The summed E-state index contributed by atoms with van der Waals surface area (Å²) in [6.07, 6.45) is -0.549. The van der Waals surface area contributed by atoms with Gasteiger partial charge in [-0.05, 0) is 17.2 Å². The molecule has 3 nitrogen and oxygen atoms in total. The number of aliphatic hydroxyl groups excluding tert-OH is 2. The normalized spacial score (nSPS) is 26.3. The van der Waals surface area contributed by atoms with Crippen LogP contribution in [0.5, 0.6) is 0 Å². The van der Waals surface area contributed by atoms with Crippen molar-refractivity contribution in [2.45, 2.75) is 18.6 Å². The van der Waals surface area contributed by atoms with Gasteiger partial charge in [-0.25, -0.2) is 0 Å². The molecule has 0 fully saturated rings. The third-order valence-corrected chi connectivity index (χ3v) is 2.52. The highest BCUT2D eigenvalue weighted by Gasteiger charge is 2.28. The maximum atomic E-state index is 11.3. The molecule has 0 unspecified atom stereocenters. The predicted octanol–water partition coefficient (Wildman–Crippen LogP) is 0.765. The van der Waals surface area contributed by atoms with Crippen LogP contribution < -0.4 is 0 Å². The first-order valence-corrected chi connectivity index (χ1v) is 4.84. The van der Waals surface area contributed by atoms with Gasteiger partial charge in [0.25, 0.3) is 0 Å². The number of hydrogen-bond acceptors (Lipinski definition) is 3. The summed E-state index contributed by atoms with van der Waals surface area (Å²) in [5, 5.41) is 19.2. The second kappa shape index (κ2) is 3.96. The molecule has 0 heterocycles. The zero-order valence-corrected chi connectivity index (χ0v) is 8.13. The number of allylic oxidation sites excluding steroid dienone is 1. The highest BCUT2D eigenvalue weighted by atomic mass is 16.3. The number of hydrogen-bond donors (Lipinski definition) is 2. The zero-order valence-electron chi connectivity index (χ0n) is 8.13. The van der Waals surface area contributed by atoms with Crippen LogP contribution >= 0.6 is 0 Å². The number of carbonyl (C=O) groups excluding carboxylic acids is 1. The second-order valence-corrected chi connectivity index (χ2v) is 3.65. The van der Waals surface area contributed by atoms with Gasteiger partial charge in [0.05, 0.1) is 6.10 Å². The van der Waals surface area contributed by atoms with Gasteiger partial charge in [0.1, 0.15) is 6.10 Å². The summed E-state index contributed by atoms with van der Waals surface area (Å²) < 4.78 is 0. The Labute approximate surface area is 87.7 Å². The van der Waals surface area contributed by atoms with Gasteiger partial charge in [0.2, 0.25) is 0 Å². The fraction of sp³-hybridized carbons (Fsp3) is 0.250. The van der Waals surface area contributed by atoms with Crippen molar-refractivity contribution in [3.63, 3.8) is 0 Å². The molecular weight excluding hydrogens is 192 g/mol.